The molecule has 2 N–H and O–H groups in total. The molecule has 4 nitrogen and oxygen atoms in total. The van der Waals surface area contributed by atoms with Crippen LogP contribution in [0.4, 0.5) is 0 Å². The van der Waals surface area contributed by atoms with Crippen LogP contribution < -0.4 is 5.32 Å². The first-order valence-corrected chi connectivity index (χ1v) is 6.89. The number of carboxylic acid groups (broad SMARTS) is 1. The highest BCUT2D eigenvalue weighted by Crippen LogP contribution is 2.27. The van der Waals surface area contributed by atoms with Gasteiger partial charge in [-0.3, -0.25) is 4.79 Å². The number of rotatable bonds is 4. The third-order valence-corrected chi connectivity index (χ3v) is 3.47. The molecule has 0 aromatic heterocycles. The number of carbonyl (C=O) groups excluding carboxylic acids is 1. The molecule has 1 amide bonds. The predicted molar refractivity (Wildman–Crippen MR) is 76.6 cm³/mol. The number of hydrogen-bond donors (Lipinski definition) is 2. The highest BCUT2D eigenvalue weighted by molar-refractivity contribution is 8.00. The van der Waals surface area contributed by atoms with E-state index in [-0.39, 0.29) is 22.3 Å². The van der Waals surface area contributed by atoms with Gasteiger partial charge in [0.15, 0.2) is 0 Å². The van der Waals surface area contributed by atoms with Gasteiger partial charge in [-0.05, 0) is 39.8 Å². The monoisotopic (exact) mass is 281 g/mol. The largest absolute Gasteiger partial charge is 0.478 e. The van der Waals surface area contributed by atoms with E-state index in [1.54, 1.807) is 31.2 Å². The van der Waals surface area contributed by atoms with Crippen LogP contribution in [0.5, 0.6) is 0 Å². The summed E-state index contributed by atoms with van der Waals surface area (Å²) in [4.78, 5) is 23.7. The van der Waals surface area contributed by atoms with E-state index in [0.717, 1.165) is 0 Å². The summed E-state index contributed by atoms with van der Waals surface area (Å²) in [5.41, 5.74) is -0.0685. The zero-order chi connectivity index (χ0) is 14.6. The van der Waals surface area contributed by atoms with Gasteiger partial charge in [0.05, 0.1) is 10.8 Å². The molecule has 1 aromatic rings. The minimum Gasteiger partial charge on any atom is -0.478 e. The minimum atomic E-state index is -0.980. The van der Waals surface area contributed by atoms with Crippen molar-refractivity contribution >= 4 is 23.6 Å². The number of nitrogens with one attached hydrogen (secondary N) is 1. The van der Waals surface area contributed by atoms with E-state index >= 15 is 0 Å². The third kappa shape index (κ3) is 4.95. The number of hydrogen-bond acceptors (Lipinski definition) is 3. The first-order chi connectivity index (χ1) is 8.70. The Labute approximate surface area is 117 Å². The Morgan fingerprint density at radius 3 is 2.37 bits per heavy atom. The topological polar surface area (TPSA) is 66.4 Å². The highest BCUT2D eigenvalue weighted by Gasteiger charge is 2.21. The zero-order valence-corrected chi connectivity index (χ0v) is 12.4. The number of amides is 1. The summed E-state index contributed by atoms with van der Waals surface area (Å²) >= 11 is 1.25. The third-order valence-electron chi connectivity index (χ3n) is 2.29. The van der Waals surface area contributed by atoms with Crippen molar-refractivity contribution in [3.05, 3.63) is 29.8 Å². The molecule has 0 saturated carbocycles. The Hall–Kier alpha value is -1.49. The molecule has 0 spiro atoms. The standard InChI is InChI=1S/C14H19NO3S/c1-9(12(16)15-14(2,3)4)19-11-8-6-5-7-10(11)13(17)18/h5-9H,1-4H3,(H,15,16)(H,17,18). The first-order valence-electron chi connectivity index (χ1n) is 6.02. The van der Waals surface area contributed by atoms with Crippen molar-refractivity contribution in [2.75, 3.05) is 0 Å². The van der Waals surface area contributed by atoms with E-state index in [1.807, 2.05) is 20.8 Å². The smallest absolute Gasteiger partial charge is 0.336 e. The summed E-state index contributed by atoms with van der Waals surface area (Å²) in [6.45, 7) is 7.50. The van der Waals surface area contributed by atoms with Crippen LogP contribution in [0.1, 0.15) is 38.1 Å². The summed E-state index contributed by atoms with van der Waals surface area (Å²) in [6, 6.07) is 6.70. The van der Waals surface area contributed by atoms with Crippen molar-refractivity contribution in [3.63, 3.8) is 0 Å². The molecule has 0 bridgehead atoms. The van der Waals surface area contributed by atoms with Crippen LogP contribution >= 0.6 is 11.8 Å². The van der Waals surface area contributed by atoms with Gasteiger partial charge in [0.2, 0.25) is 5.91 Å². The van der Waals surface area contributed by atoms with Gasteiger partial charge in [0.1, 0.15) is 0 Å². The summed E-state index contributed by atoms with van der Waals surface area (Å²) < 4.78 is 0. The van der Waals surface area contributed by atoms with Crippen molar-refractivity contribution in [2.45, 2.75) is 43.4 Å². The molecule has 0 fully saturated rings. The van der Waals surface area contributed by atoms with Crippen molar-refractivity contribution in [1.29, 1.82) is 0 Å². The molecule has 0 aliphatic heterocycles. The normalized spacial score (nSPS) is 12.8. The fraction of sp³-hybridized carbons (Fsp3) is 0.429. The van der Waals surface area contributed by atoms with Gasteiger partial charge >= 0.3 is 5.97 Å². The number of aromatic carboxylic acids is 1. The fourth-order valence-corrected chi connectivity index (χ4v) is 2.45. The Morgan fingerprint density at radius 2 is 1.84 bits per heavy atom. The van der Waals surface area contributed by atoms with E-state index < -0.39 is 5.97 Å². The van der Waals surface area contributed by atoms with Gasteiger partial charge < -0.3 is 10.4 Å². The molecule has 0 aliphatic carbocycles. The Kier molecular flexibility index (Phi) is 5.00. The Balaban J connectivity index is 2.80. The van der Waals surface area contributed by atoms with Crippen LogP contribution in [0.3, 0.4) is 0 Å². The summed E-state index contributed by atoms with van der Waals surface area (Å²) in [6.07, 6.45) is 0. The highest BCUT2D eigenvalue weighted by atomic mass is 32.2. The zero-order valence-electron chi connectivity index (χ0n) is 11.6. The Morgan fingerprint density at radius 1 is 1.26 bits per heavy atom. The van der Waals surface area contributed by atoms with E-state index in [0.29, 0.717) is 4.90 Å². The van der Waals surface area contributed by atoms with Crippen LogP contribution in [0.25, 0.3) is 0 Å². The van der Waals surface area contributed by atoms with Crippen LogP contribution in [0, 0.1) is 0 Å². The lowest BCUT2D eigenvalue weighted by Crippen LogP contribution is -2.44. The molecule has 0 heterocycles. The molecule has 0 aliphatic rings. The lowest BCUT2D eigenvalue weighted by molar-refractivity contribution is -0.121. The quantitative estimate of drug-likeness (QED) is 0.833. The van der Waals surface area contributed by atoms with Crippen molar-refractivity contribution in [2.24, 2.45) is 0 Å². The molecular weight excluding hydrogens is 262 g/mol. The fourth-order valence-electron chi connectivity index (χ4n) is 1.46. The van der Waals surface area contributed by atoms with Gasteiger partial charge in [-0.2, -0.15) is 0 Å². The molecule has 0 saturated heterocycles. The first kappa shape index (κ1) is 15.6. The number of carboxylic acids is 1. The molecule has 0 radical (unpaired) electrons. The second kappa shape index (κ2) is 6.10. The second-order valence-corrected chi connectivity index (χ2v) is 6.68. The van der Waals surface area contributed by atoms with Crippen molar-refractivity contribution in [3.8, 4) is 0 Å². The van der Waals surface area contributed by atoms with Crippen molar-refractivity contribution < 1.29 is 14.7 Å². The van der Waals surface area contributed by atoms with Gasteiger partial charge in [0.25, 0.3) is 0 Å². The van der Waals surface area contributed by atoms with E-state index in [2.05, 4.69) is 5.32 Å². The average Bonchev–Trinajstić information content (AvgIpc) is 2.27. The average molecular weight is 281 g/mol. The maximum atomic E-state index is 12.0. The van der Waals surface area contributed by atoms with E-state index in [4.69, 9.17) is 5.11 Å². The maximum absolute atomic E-state index is 12.0. The second-order valence-electron chi connectivity index (χ2n) is 5.30. The van der Waals surface area contributed by atoms with Gasteiger partial charge in [0, 0.05) is 10.4 Å². The molecule has 19 heavy (non-hydrogen) atoms. The molecular formula is C14H19NO3S. The van der Waals surface area contributed by atoms with Crippen LogP contribution in [-0.4, -0.2) is 27.8 Å². The predicted octanol–water partition coefficient (Wildman–Crippen LogP) is 2.78. The van der Waals surface area contributed by atoms with Gasteiger partial charge in [-0.15, -0.1) is 11.8 Å². The number of carbonyl (C=O) groups is 2. The Bertz CT molecular complexity index is 480. The molecule has 1 atom stereocenters. The summed E-state index contributed by atoms with van der Waals surface area (Å²) in [5, 5.41) is 11.6. The number of benzene rings is 1. The maximum Gasteiger partial charge on any atom is 0.336 e. The molecule has 104 valence electrons. The van der Waals surface area contributed by atoms with Gasteiger partial charge in [-0.1, -0.05) is 12.1 Å². The SMILES string of the molecule is CC(Sc1ccccc1C(=O)O)C(=O)NC(C)(C)C. The lowest BCUT2D eigenvalue weighted by Gasteiger charge is -2.23. The lowest BCUT2D eigenvalue weighted by atomic mass is 10.1. The molecule has 1 aromatic carbocycles. The minimum absolute atomic E-state index is 0.0994. The van der Waals surface area contributed by atoms with Crippen LogP contribution in [0.15, 0.2) is 29.2 Å². The van der Waals surface area contributed by atoms with E-state index in [1.165, 1.54) is 11.8 Å². The molecule has 1 unspecified atom stereocenters. The van der Waals surface area contributed by atoms with Crippen molar-refractivity contribution in [1.82, 2.24) is 5.32 Å². The van der Waals surface area contributed by atoms with Crippen LogP contribution in [-0.2, 0) is 4.79 Å². The molecule has 1 rings (SSSR count). The molecule has 5 heteroatoms. The number of thioether (sulfide) groups is 1. The van der Waals surface area contributed by atoms with E-state index in [9.17, 15) is 9.59 Å². The summed E-state index contributed by atoms with van der Waals surface area (Å²) in [7, 11) is 0. The van der Waals surface area contributed by atoms with Gasteiger partial charge in [-0.25, -0.2) is 4.79 Å². The van der Waals surface area contributed by atoms with Crippen LogP contribution in [0.2, 0.25) is 0 Å². The summed E-state index contributed by atoms with van der Waals surface area (Å²) in [5.74, 6) is -1.08.